The fourth-order valence-electron chi connectivity index (χ4n) is 1.62. The van der Waals surface area contributed by atoms with Crippen molar-refractivity contribution in [1.29, 1.82) is 0 Å². The van der Waals surface area contributed by atoms with E-state index in [-0.39, 0.29) is 5.91 Å². The number of hydrogen-bond acceptors (Lipinski definition) is 5. The van der Waals surface area contributed by atoms with Gasteiger partial charge in [-0.2, -0.15) is 0 Å². The highest BCUT2D eigenvalue weighted by Crippen LogP contribution is 2.04. The van der Waals surface area contributed by atoms with Crippen LogP contribution in [0.1, 0.15) is 18.9 Å². The number of nitrogens with one attached hydrogen (secondary N) is 3. The molecule has 0 fully saturated rings. The van der Waals surface area contributed by atoms with Crippen LogP contribution in [0.3, 0.4) is 0 Å². The second kappa shape index (κ2) is 6.00. The maximum atomic E-state index is 10.8. The van der Waals surface area contributed by atoms with Gasteiger partial charge in [0.15, 0.2) is 5.96 Å². The molecule has 18 heavy (non-hydrogen) atoms. The highest BCUT2D eigenvalue weighted by atomic mass is 16.1. The van der Waals surface area contributed by atoms with Gasteiger partial charge in [-0.1, -0.05) is 6.07 Å². The molecule has 0 aliphatic carbocycles. The van der Waals surface area contributed by atoms with Crippen LogP contribution < -0.4 is 16.0 Å². The summed E-state index contributed by atoms with van der Waals surface area (Å²) >= 11 is 0. The number of aliphatic imine (C=N–C) groups is 1. The van der Waals surface area contributed by atoms with Gasteiger partial charge in [-0.05, 0) is 18.1 Å². The molecule has 2 rings (SSSR count). The van der Waals surface area contributed by atoms with Gasteiger partial charge in [0.2, 0.25) is 5.91 Å². The van der Waals surface area contributed by atoms with Crippen molar-refractivity contribution in [3.63, 3.8) is 0 Å². The lowest BCUT2D eigenvalue weighted by molar-refractivity contribution is -0.114. The SMILES string of the molecule is CC(=O)Nc1ccc(CNC2=NCCCN2)cn1. The molecule has 0 radical (unpaired) electrons. The van der Waals surface area contributed by atoms with Gasteiger partial charge in [-0.15, -0.1) is 0 Å². The second-order valence-electron chi connectivity index (χ2n) is 4.10. The van der Waals surface area contributed by atoms with Crippen LogP contribution in [-0.4, -0.2) is 29.9 Å². The van der Waals surface area contributed by atoms with E-state index in [1.54, 1.807) is 12.3 Å². The van der Waals surface area contributed by atoms with Crippen LogP contribution in [0.2, 0.25) is 0 Å². The Hall–Kier alpha value is -2.11. The van der Waals surface area contributed by atoms with E-state index in [1.165, 1.54) is 6.92 Å². The molecule has 1 amide bonds. The first-order valence-electron chi connectivity index (χ1n) is 5.99. The molecule has 0 aromatic carbocycles. The number of amides is 1. The molecule has 0 bridgehead atoms. The molecular formula is C12H17N5O. The van der Waals surface area contributed by atoms with E-state index in [2.05, 4.69) is 25.9 Å². The van der Waals surface area contributed by atoms with Gasteiger partial charge < -0.3 is 16.0 Å². The Morgan fingerprint density at radius 3 is 3.00 bits per heavy atom. The molecule has 1 aromatic heterocycles. The number of anilines is 1. The largest absolute Gasteiger partial charge is 0.356 e. The van der Waals surface area contributed by atoms with Crippen LogP contribution in [0, 0.1) is 0 Å². The van der Waals surface area contributed by atoms with E-state index >= 15 is 0 Å². The van der Waals surface area contributed by atoms with Gasteiger partial charge >= 0.3 is 0 Å². The van der Waals surface area contributed by atoms with Gasteiger partial charge in [0.05, 0.1) is 0 Å². The van der Waals surface area contributed by atoms with Gasteiger partial charge in [-0.3, -0.25) is 9.79 Å². The average Bonchev–Trinajstić information content (AvgIpc) is 2.38. The predicted octanol–water partition coefficient (Wildman–Crippen LogP) is 0.479. The number of guanidine groups is 1. The molecule has 0 saturated carbocycles. The molecule has 1 aliphatic rings. The third-order valence-electron chi connectivity index (χ3n) is 2.49. The van der Waals surface area contributed by atoms with Gasteiger partial charge in [0.25, 0.3) is 0 Å². The number of nitrogens with zero attached hydrogens (tertiary/aromatic N) is 2. The molecule has 6 nitrogen and oxygen atoms in total. The predicted molar refractivity (Wildman–Crippen MR) is 70.3 cm³/mol. The molecule has 0 saturated heterocycles. The van der Waals surface area contributed by atoms with Crippen molar-refractivity contribution in [3.05, 3.63) is 23.9 Å². The molecule has 0 unspecified atom stereocenters. The number of rotatable bonds is 3. The average molecular weight is 247 g/mol. The highest BCUT2D eigenvalue weighted by molar-refractivity contribution is 5.87. The quantitative estimate of drug-likeness (QED) is 0.726. The number of carbonyl (C=O) groups is 1. The maximum absolute atomic E-state index is 10.8. The monoisotopic (exact) mass is 247 g/mol. The summed E-state index contributed by atoms with van der Waals surface area (Å²) in [6.07, 6.45) is 2.82. The Labute approximate surface area is 106 Å². The van der Waals surface area contributed by atoms with Crippen molar-refractivity contribution in [3.8, 4) is 0 Å². The first-order valence-corrected chi connectivity index (χ1v) is 5.99. The number of pyridine rings is 1. The maximum Gasteiger partial charge on any atom is 0.222 e. The summed E-state index contributed by atoms with van der Waals surface area (Å²) in [5.41, 5.74) is 1.04. The minimum Gasteiger partial charge on any atom is -0.356 e. The molecule has 2 heterocycles. The van der Waals surface area contributed by atoms with E-state index in [1.807, 2.05) is 6.07 Å². The third-order valence-corrected chi connectivity index (χ3v) is 2.49. The smallest absolute Gasteiger partial charge is 0.222 e. The fourth-order valence-corrected chi connectivity index (χ4v) is 1.62. The van der Waals surface area contributed by atoms with E-state index in [0.29, 0.717) is 12.4 Å². The lowest BCUT2D eigenvalue weighted by Gasteiger charge is -2.15. The molecule has 1 aliphatic heterocycles. The Morgan fingerprint density at radius 2 is 2.39 bits per heavy atom. The lowest BCUT2D eigenvalue weighted by Crippen LogP contribution is -2.40. The lowest BCUT2D eigenvalue weighted by atomic mass is 10.3. The van der Waals surface area contributed by atoms with Crippen LogP contribution in [0.5, 0.6) is 0 Å². The Bertz CT molecular complexity index is 440. The van der Waals surface area contributed by atoms with Gasteiger partial charge in [-0.25, -0.2) is 4.98 Å². The molecule has 6 heteroatoms. The Kier molecular flexibility index (Phi) is 4.11. The standard InChI is InChI=1S/C12H17N5O/c1-9(18)17-11-4-3-10(7-15-11)8-16-12-13-5-2-6-14-12/h3-4,7H,2,5-6,8H2,1H3,(H2,13,14,16)(H,15,17,18). The van der Waals surface area contributed by atoms with Crippen LogP contribution in [0.4, 0.5) is 5.82 Å². The van der Waals surface area contributed by atoms with Crippen molar-refractivity contribution < 1.29 is 4.79 Å². The minimum atomic E-state index is -0.117. The fraction of sp³-hybridized carbons (Fsp3) is 0.417. The van der Waals surface area contributed by atoms with Gasteiger partial charge in [0.1, 0.15) is 5.82 Å². The van der Waals surface area contributed by atoms with Crippen molar-refractivity contribution in [2.45, 2.75) is 19.9 Å². The number of aromatic nitrogens is 1. The van der Waals surface area contributed by atoms with E-state index in [0.717, 1.165) is 31.0 Å². The molecule has 0 spiro atoms. The summed E-state index contributed by atoms with van der Waals surface area (Å²) in [7, 11) is 0. The molecular weight excluding hydrogens is 230 g/mol. The van der Waals surface area contributed by atoms with Crippen LogP contribution in [0.25, 0.3) is 0 Å². The van der Waals surface area contributed by atoms with Crippen LogP contribution >= 0.6 is 0 Å². The van der Waals surface area contributed by atoms with Gasteiger partial charge in [0, 0.05) is 32.8 Å². The molecule has 1 aromatic rings. The molecule has 3 N–H and O–H groups in total. The van der Waals surface area contributed by atoms with E-state index < -0.39 is 0 Å². The van der Waals surface area contributed by atoms with Crippen LogP contribution in [0.15, 0.2) is 23.3 Å². The highest BCUT2D eigenvalue weighted by Gasteiger charge is 2.03. The molecule has 96 valence electrons. The topological polar surface area (TPSA) is 78.4 Å². The summed E-state index contributed by atoms with van der Waals surface area (Å²) < 4.78 is 0. The van der Waals surface area contributed by atoms with Crippen molar-refractivity contribution in [2.24, 2.45) is 4.99 Å². The first-order chi connectivity index (χ1) is 8.74. The van der Waals surface area contributed by atoms with Crippen molar-refractivity contribution in [2.75, 3.05) is 18.4 Å². The summed E-state index contributed by atoms with van der Waals surface area (Å²) in [5.74, 6) is 1.29. The minimum absolute atomic E-state index is 0.117. The Morgan fingerprint density at radius 1 is 1.50 bits per heavy atom. The zero-order valence-corrected chi connectivity index (χ0v) is 10.4. The number of hydrogen-bond donors (Lipinski definition) is 3. The third kappa shape index (κ3) is 3.73. The zero-order chi connectivity index (χ0) is 12.8. The summed E-state index contributed by atoms with van der Waals surface area (Å²) in [5, 5.41) is 9.03. The van der Waals surface area contributed by atoms with E-state index in [4.69, 9.17) is 0 Å². The Balaban J connectivity index is 1.86. The van der Waals surface area contributed by atoms with Crippen LogP contribution in [-0.2, 0) is 11.3 Å². The van der Waals surface area contributed by atoms with Crippen molar-refractivity contribution >= 4 is 17.7 Å². The normalized spacial score (nSPS) is 14.4. The van der Waals surface area contributed by atoms with E-state index in [9.17, 15) is 4.79 Å². The first kappa shape index (κ1) is 12.3. The summed E-state index contributed by atoms with van der Waals surface area (Å²) in [4.78, 5) is 19.3. The second-order valence-corrected chi connectivity index (χ2v) is 4.10. The number of carbonyl (C=O) groups excluding carboxylic acids is 1. The van der Waals surface area contributed by atoms with Crippen molar-refractivity contribution in [1.82, 2.24) is 15.6 Å². The molecule has 0 atom stereocenters. The summed E-state index contributed by atoms with van der Waals surface area (Å²) in [6.45, 7) is 3.96. The summed E-state index contributed by atoms with van der Waals surface area (Å²) in [6, 6.07) is 3.71. The zero-order valence-electron chi connectivity index (χ0n) is 10.4.